The van der Waals surface area contributed by atoms with E-state index in [-0.39, 0.29) is 5.97 Å². The van der Waals surface area contributed by atoms with Gasteiger partial charge in [0.25, 0.3) is 0 Å². The monoisotopic (exact) mass is 271 g/mol. The average Bonchev–Trinajstić information content (AvgIpc) is 2.35. The Morgan fingerprint density at radius 3 is 2.68 bits per heavy atom. The lowest BCUT2D eigenvalue weighted by atomic mass is 9.96. The summed E-state index contributed by atoms with van der Waals surface area (Å²) in [4.78, 5) is 16.3. The Labute approximate surface area is 117 Å². The number of hydrogen-bond donors (Lipinski definition) is 1. The number of rotatable bonds is 6. The fourth-order valence-electron chi connectivity index (χ4n) is 2.65. The molecule has 2 unspecified atom stereocenters. The van der Waals surface area contributed by atoms with Crippen LogP contribution in [-0.4, -0.2) is 67.7 Å². The van der Waals surface area contributed by atoms with Crippen molar-refractivity contribution in [3.8, 4) is 0 Å². The topological polar surface area (TPSA) is 58.8 Å². The number of nitrogens with two attached hydrogens (primary N) is 1. The molecule has 19 heavy (non-hydrogen) atoms. The summed E-state index contributed by atoms with van der Waals surface area (Å²) >= 11 is 0. The van der Waals surface area contributed by atoms with Crippen LogP contribution in [0.5, 0.6) is 0 Å². The molecule has 5 heteroatoms. The molecule has 1 heterocycles. The Morgan fingerprint density at radius 2 is 2.11 bits per heavy atom. The molecule has 0 amide bonds. The Kier molecular flexibility index (Phi) is 6.23. The van der Waals surface area contributed by atoms with Gasteiger partial charge in [0.1, 0.15) is 5.54 Å². The SMILES string of the molecule is COC(=O)C(C)(N)CCCCN1CCN(C)CC1C. The van der Waals surface area contributed by atoms with Crippen molar-refractivity contribution in [2.24, 2.45) is 5.73 Å². The van der Waals surface area contributed by atoms with Crippen molar-refractivity contribution in [3.05, 3.63) is 0 Å². The number of ether oxygens (including phenoxy) is 1. The Balaban J connectivity index is 2.22. The number of piperazine rings is 1. The van der Waals surface area contributed by atoms with E-state index in [0.29, 0.717) is 12.5 Å². The fraction of sp³-hybridized carbons (Fsp3) is 0.929. The van der Waals surface area contributed by atoms with Crippen molar-refractivity contribution < 1.29 is 9.53 Å². The molecular formula is C14H29N3O2. The molecule has 2 N–H and O–H groups in total. The van der Waals surface area contributed by atoms with Gasteiger partial charge in [-0.2, -0.15) is 0 Å². The molecule has 112 valence electrons. The lowest BCUT2D eigenvalue weighted by molar-refractivity contribution is -0.146. The minimum atomic E-state index is -0.845. The van der Waals surface area contributed by atoms with Crippen molar-refractivity contribution >= 4 is 5.97 Å². The second-order valence-corrected chi connectivity index (χ2v) is 6.01. The zero-order chi connectivity index (χ0) is 14.5. The van der Waals surface area contributed by atoms with Gasteiger partial charge in [-0.25, -0.2) is 0 Å². The largest absolute Gasteiger partial charge is 0.468 e. The van der Waals surface area contributed by atoms with Gasteiger partial charge in [-0.3, -0.25) is 9.69 Å². The van der Waals surface area contributed by atoms with E-state index in [2.05, 4.69) is 23.8 Å². The van der Waals surface area contributed by atoms with Gasteiger partial charge in [0.2, 0.25) is 0 Å². The molecule has 0 aromatic heterocycles. The summed E-state index contributed by atoms with van der Waals surface area (Å²) in [6, 6.07) is 0.614. The van der Waals surface area contributed by atoms with Crippen molar-refractivity contribution in [3.63, 3.8) is 0 Å². The Hall–Kier alpha value is -0.650. The molecule has 0 aromatic carbocycles. The maximum absolute atomic E-state index is 11.5. The first-order chi connectivity index (χ1) is 8.86. The molecule has 1 fully saturated rings. The standard InChI is InChI=1S/C14H29N3O2/c1-12-11-16(3)9-10-17(12)8-6-5-7-14(2,15)13(18)19-4/h12H,5-11,15H2,1-4H3. The quantitative estimate of drug-likeness (QED) is 0.569. The Bertz CT molecular complexity index is 294. The Morgan fingerprint density at radius 1 is 1.42 bits per heavy atom. The summed E-state index contributed by atoms with van der Waals surface area (Å²) in [5, 5.41) is 0. The first-order valence-electron chi connectivity index (χ1n) is 7.16. The van der Waals surface area contributed by atoms with E-state index in [1.54, 1.807) is 6.92 Å². The van der Waals surface area contributed by atoms with Crippen molar-refractivity contribution in [1.29, 1.82) is 0 Å². The summed E-state index contributed by atoms with van der Waals surface area (Å²) in [6.07, 6.45) is 2.72. The van der Waals surface area contributed by atoms with E-state index in [9.17, 15) is 4.79 Å². The molecule has 1 rings (SSSR count). The van der Waals surface area contributed by atoms with Crippen LogP contribution in [-0.2, 0) is 9.53 Å². The van der Waals surface area contributed by atoms with Gasteiger partial charge in [0, 0.05) is 25.7 Å². The van der Waals surface area contributed by atoms with Crippen LogP contribution in [0.1, 0.15) is 33.1 Å². The number of likely N-dealkylation sites (N-methyl/N-ethyl adjacent to an activating group) is 1. The highest BCUT2D eigenvalue weighted by Crippen LogP contribution is 2.14. The minimum absolute atomic E-state index is 0.319. The van der Waals surface area contributed by atoms with Crippen molar-refractivity contribution in [2.75, 3.05) is 40.3 Å². The van der Waals surface area contributed by atoms with Crippen LogP contribution < -0.4 is 5.73 Å². The van der Waals surface area contributed by atoms with Crippen LogP contribution in [0.15, 0.2) is 0 Å². The van der Waals surface area contributed by atoms with Crippen LogP contribution in [0.25, 0.3) is 0 Å². The molecule has 0 aromatic rings. The molecule has 2 atom stereocenters. The van der Waals surface area contributed by atoms with Gasteiger partial charge >= 0.3 is 5.97 Å². The first-order valence-corrected chi connectivity index (χ1v) is 7.16. The smallest absolute Gasteiger partial charge is 0.325 e. The highest BCUT2D eigenvalue weighted by atomic mass is 16.5. The van der Waals surface area contributed by atoms with Gasteiger partial charge < -0.3 is 15.4 Å². The number of carbonyl (C=O) groups is 1. The first kappa shape index (κ1) is 16.4. The molecule has 1 aliphatic rings. The molecule has 5 nitrogen and oxygen atoms in total. The van der Waals surface area contributed by atoms with Gasteiger partial charge in [0.15, 0.2) is 0 Å². The zero-order valence-electron chi connectivity index (χ0n) is 12.8. The maximum atomic E-state index is 11.5. The molecule has 0 spiro atoms. The van der Waals surface area contributed by atoms with Crippen LogP contribution in [0.3, 0.4) is 0 Å². The third-order valence-electron chi connectivity index (χ3n) is 4.01. The number of nitrogens with zero attached hydrogens (tertiary/aromatic N) is 2. The summed E-state index contributed by atoms with van der Waals surface area (Å²) in [6.45, 7) is 8.52. The van der Waals surface area contributed by atoms with Gasteiger partial charge in [-0.1, -0.05) is 0 Å². The van der Waals surface area contributed by atoms with Gasteiger partial charge in [-0.15, -0.1) is 0 Å². The molecule has 0 radical (unpaired) electrons. The molecular weight excluding hydrogens is 242 g/mol. The van der Waals surface area contributed by atoms with Crippen molar-refractivity contribution in [1.82, 2.24) is 9.80 Å². The van der Waals surface area contributed by atoms with Crippen molar-refractivity contribution in [2.45, 2.75) is 44.7 Å². The van der Waals surface area contributed by atoms with E-state index >= 15 is 0 Å². The number of methoxy groups -OCH3 is 1. The summed E-state index contributed by atoms with van der Waals surface area (Å²) < 4.78 is 4.71. The van der Waals surface area contributed by atoms with Crippen LogP contribution in [0.4, 0.5) is 0 Å². The summed E-state index contributed by atoms with van der Waals surface area (Å²) in [5.41, 5.74) is 5.10. The van der Waals surface area contributed by atoms with Crippen LogP contribution >= 0.6 is 0 Å². The van der Waals surface area contributed by atoms with E-state index in [0.717, 1.165) is 39.0 Å². The summed E-state index contributed by atoms with van der Waals surface area (Å²) in [5.74, 6) is -0.319. The van der Waals surface area contributed by atoms with E-state index in [1.165, 1.54) is 7.11 Å². The number of esters is 1. The van der Waals surface area contributed by atoms with E-state index in [1.807, 2.05) is 0 Å². The molecule has 1 aliphatic heterocycles. The predicted molar refractivity (Wildman–Crippen MR) is 77.0 cm³/mol. The maximum Gasteiger partial charge on any atom is 0.325 e. The lowest BCUT2D eigenvalue weighted by Gasteiger charge is -2.38. The van der Waals surface area contributed by atoms with Crippen LogP contribution in [0, 0.1) is 0 Å². The second kappa shape index (κ2) is 7.22. The minimum Gasteiger partial charge on any atom is -0.468 e. The molecule has 0 bridgehead atoms. The highest BCUT2D eigenvalue weighted by molar-refractivity contribution is 5.79. The van der Waals surface area contributed by atoms with E-state index in [4.69, 9.17) is 10.5 Å². The molecule has 1 saturated heterocycles. The van der Waals surface area contributed by atoms with Gasteiger partial charge in [0.05, 0.1) is 7.11 Å². The molecule has 0 saturated carbocycles. The van der Waals surface area contributed by atoms with Crippen LogP contribution in [0.2, 0.25) is 0 Å². The normalized spacial score (nSPS) is 25.0. The highest BCUT2D eigenvalue weighted by Gasteiger charge is 2.28. The summed E-state index contributed by atoms with van der Waals surface area (Å²) in [7, 11) is 3.56. The second-order valence-electron chi connectivity index (χ2n) is 6.01. The average molecular weight is 271 g/mol. The number of carbonyl (C=O) groups excluding carboxylic acids is 1. The van der Waals surface area contributed by atoms with E-state index < -0.39 is 5.54 Å². The third kappa shape index (κ3) is 5.09. The number of hydrogen-bond acceptors (Lipinski definition) is 5. The third-order valence-corrected chi connectivity index (χ3v) is 4.01. The molecule has 0 aliphatic carbocycles. The fourth-order valence-corrected chi connectivity index (χ4v) is 2.65. The predicted octanol–water partition coefficient (Wildman–Crippen LogP) is 0.683. The van der Waals surface area contributed by atoms with Gasteiger partial charge in [-0.05, 0) is 46.7 Å². The zero-order valence-corrected chi connectivity index (χ0v) is 12.8. The number of unbranched alkanes of at least 4 members (excludes halogenated alkanes) is 1. The lowest BCUT2D eigenvalue weighted by Crippen LogP contribution is -2.50.